The van der Waals surface area contributed by atoms with Crippen LogP contribution in [-0.4, -0.2) is 30.0 Å². The molecule has 0 atom stereocenters. The topological polar surface area (TPSA) is 84.3 Å². The first-order valence-electron chi connectivity index (χ1n) is 5.42. The van der Waals surface area contributed by atoms with Gasteiger partial charge in [0.15, 0.2) is 0 Å². The molecule has 2 rings (SSSR count). The van der Waals surface area contributed by atoms with Crippen molar-refractivity contribution >= 4 is 22.2 Å². The highest BCUT2D eigenvalue weighted by Gasteiger charge is 2.19. The van der Waals surface area contributed by atoms with Gasteiger partial charge in [-0.2, -0.15) is 0 Å². The molecular weight excluding hydrogens is 242 g/mol. The Labute approximate surface area is 102 Å². The Kier molecular flexibility index (Phi) is 3.70. The highest BCUT2D eigenvalue weighted by molar-refractivity contribution is 7.17. The van der Waals surface area contributed by atoms with Gasteiger partial charge in [-0.25, -0.2) is 0 Å². The molecule has 0 saturated carbocycles. The van der Waals surface area contributed by atoms with Crippen LogP contribution in [0.2, 0.25) is 0 Å². The third-order valence-corrected chi connectivity index (χ3v) is 3.71. The average Bonchev–Trinajstić information content (AvgIpc) is 2.79. The predicted octanol–water partition coefficient (Wildman–Crippen LogP) is 1.14. The van der Waals surface area contributed by atoms with Gasteiger partial charge in [0, 0.05) is 12.1 Å². The molecule has 6 nitrogen and oxygen atoms in total. The van der Waals surface area contributed by atoms with Gasteiger partial charge in [0.25, 0.3) is 5.91 Å². The van der Waals surface area contributed by atoms with Crippen molar-refractivity contribution in [1.29, 1.82) is 0 Å². The molecule has 1 aromatic rings. The predicted molar refractivity (Wildman–Crippen MR) is 64.3 cm³/mol. The molecule has 0 aliphatic carbocycles. The summed E-state index contributed by atoms with van der Waals surface area (Å²) in [7, 11) is 0. The first kappa shape index (κ1) is 12.0. The number of carbonyl (C=O) groups is 1. The van der Waals surface area contributed by atoms with Crippen molar-refractivity contribution in [3.63, 3.8) is 0 Å². The summed E-state index contributed by atoms with van der Waals surface area (Å²) in [4.78, 5) is 22.2. The zero-order chi connectivity index (χ0) is 12.3. The molecule has 1 aliphatic heterocycles. The van der Waals surface area contributed by atoms with Gasteiger partial charge in [-0.15, -0.1) is 0 Å². The molecule has 2 N–H and O–H groups in total. The molecular formula is C10H13N3O3S. The van der Waals surface area contributed by atoms with Gasteiger partial charge in [-0.05, 0) is 32.0 Å². The SMILES string of the molecule is O=C(NC1CCNCC1)c1ccc([N+](=O)[O-])s1. The zero-order valence-corrected chi connectivity index (χ0v) is 9.96. The van der Waals surface area contributed by atoms with Crippen LogP contribution < -0.4 is 10.6 Å². The summed E-state index contributed by atoms with van der Waals surface area (Å²) >= 11 is 0.911. The van der Waals surface area contributed by atoms with Crippen LogP contribution in [-0.2, 0) is 0 Å². The maximum Gasteiger partial charge on any atom is 0.324 e. The van der Waals surface area contributed by atoms with Crippen molar-refractivity contribution in [2.75, 3.05) is 13.1 Å². The Morgan fingerprint density at radius 1 is 1.47 bits per heavy atom. The largest absolute Gasteiger partial charge is 0.349 e. The monoisotopic (exact) mass is 255 g/mol. The number of hydrogen-bond donors (Lipinski definition) is 2. The van der Waals surface area contributed by atoms with E-state index in [0.29, 0.717) is 4.88 Å². The minimum absolute atomic E-state index is 0.000427. The second-order valence-electron chi connectivity index (χ2n) is 3.89. The van der Waals surface area contributed by atoms with Crippen molar-refractivity contribution in [2.45, 2.75) is 18.9 Å². The van der Waals surface area contributed by atoms with Crippen LogP contribution in [0, 0.1) is 10.1 Å². The molecule has 0 bridgehead atoms. The summed E-state index contributed by atoms with van der Waals surface area (Å²) < 4.78 is 0. The van der Waals surface area contributed by atoms with Crippen LogP contribution in [0.5, 0.6) is 0 Å². The molecule has 1 amide bonds. The molecule has 1 aliphatic rings. The second kappa shape index (κ2) is 5.24. The molecule has 1 saturated heterocycles. The molecule has 92 valence electrons. The smallest absolute Gasteiger partial charge is 0.324 e. The van der Waals surface area contributed by atoms with Crippen molar-refractivity contribution in [2.24, 2.45) is 0 Å². The minimum Gasteiger partial charge on any atom is -0.349 e. The van der Waals surface area contributed by atoms with Crippen LogP contribution in [0.1, 0.15) is 22.5 Å². The van der Waals surface area contributed by atoms with E-state index >= 15 is 0 Å². The highest BCUT2D eigenvalue weighted by atomic mass is 32.1. The summed E-state index contributed by atoms with van der Waals surface area (Å²) in [5, 5.41) is 16.6. The molecule has 0 aromatic carbocycles. The fraction of sp³-hybridized carbons (Fsp3) is 0.500. The number of thiophene rings is 1. The van der Waals surface area contributed by atoms with Gasteiger partial charge in [0.2, 0.25) is 0 Å². The number of nitrogens with one attached hydrogen (secondary N) is 2. The van der Waals surface area contributed by atoms with Crippen LogP contribution in [0.15, 0.2) is 12.1 Å². The van der Waals surface area contributed by atoms with Gasteiger partial charge in [0.05, 0.1) is 9.80 Å². The first-order chi connectivity index (χ1) is 8.16. The van der Waals surface area contributed by atoms with E-state index in [1.165, 1.54) is 12.1 Å². The Bertz CT molecular complexity index is 426. The van der Waals surface area contributed by atoms with Crippen molar-refractivity contribution in [3.05, 3.63) is 27.1 Å². The van der Waals surface area contributed by atoms with Gasteiger partial charge in [-0.1, -0.05) is 11.3 Å². The molecule has 0 spiro atoms. The number of nitro groups is 1. The first-order valence-corrected chi connectivity index (χ1v) is 6.24. The number of rotatable bonds is 3. The van der Waals surface area contributed by atoms with E-state index in [1.54, 1.807) is 0 Å². The third kappa shape index (κ3) is 3.01. The summed E-state index contributed by atoms with van der Waals surface area (Å²) in [6.45, 7) is 1.80. The molecule has 0 radical (unpaired) electrons. The van der Waals surface area contributed by atoms with Gasteiger partial charge in [0.1, 0.15) is 0 Å². The number of nitrogens with zero attached hydrogens (tertiary/aromatic N) is 1. The maximum absolute atomic E-state index is 11.8. The quantitative estimate of drug-likeness (QED) is 0.626. The van der Waals surface area contributed by atoms with E-state index in [1.807, 2.05) is 0 Å². The van der Waals surface area contributed by atoms with Crippen molar-refractivity contribution in [3.8, 4) is 0 Å². The lowest BCUT2D eigenvalue weighted by atomic mass is 10.1. The molecule has 0 unspecified atom stereocenters. The standard InChI is InChI=1S/C10H13N3O3S/c14-10(12-7-3-5-11-6-4-7)8-1-2-9(17-8)13(15)16/h1-2,7,11H,3-6H2,(H,12,14). The molecule has 2 heterocycles. The van der Waals surface area contributed by atoms with E-state index in [9.17, 15) is 14.9 Å². The Hall–Kier alpha value is -1.47. The second-order valence-corrected chi connectivity index (χ2v) is 4.95. The number of piperidine rings is 1. The van der Waals surface area contributed by atoms with Gasteiger partial charge in [-0.3, -0.25) is 14.9 Å². The average molecular weight is 255 g/mol. The minimum atomic E-state index is -0.480. The summed E-state index contributed by atoms with van der Waals surface area (Å²) in [6.07, 6.45) is 1.80. The Balaban J connectivity index is 1.96. The fourth-order valence-corrected chi connectivity index (χ4v) is 2.49. The van der Waals surface area contributed by atoms with Gasteiger partial charge < -0.3 is 10.6 Å². The molecule has 7 heteroatoms. The van der Waals surface area contributed by atoms with Crippen LogP contribution in [0.3, 0.4) is 0 Å². The van der Waals surface area contributed by atoms with Crippen LogP contribution in [0.25, 0.3) is 0 Å². The number of hydrogen-bond acceptors (Lipinski definition) is 5. The van der Waals surface area contributed by atoms with Crippen molar-refractivity contribution < 1.29 is 9.72 Å². The lowest BCUT2D eigenvalue weighted by molar-refractivity contribution is -0.380. The summed E-state index contributed by atoms with van der Waals surface area (Å²) in [5.74, 6) is -0.213. The van der Waals surface area contributed by atoms with Crippen LogP contribution >= 0.6 is 11.3 Å². The lowest BCUT2D eigenvalue weighted by Crippen LogP contribution is -2.42. The van der Waals surface area contributed by atoms with Gasteiger partial charge >= 0.3 is 5.00 Å². The highest BCUT2D eigenvalue weighted by Crippen LogP contribution is 2.23. The zero-order valence-electron chi connectivity index (χ0n) is 9.14. The van der Waals surface area contributed by atoms with Crippen molar-refractivity contribution in [1.82, 2.24) is 10.6 Å². The van der Waals surface area contributed by atoms with E-state index in [2.05, 4.69) is 10.6 Å². The summed E-state index contributed by atoms with van der Waals surface area (Å²) in [5.41, 5.74) is 0. The molecule has 17 heavy (non-hydrogen) atoms. The third-order valence-electron chi connectivity index (χ3n) is 2.67. The molecule has 1 fully saturated rings. The van der Waals surface area contributed by atoms with Crippen LogP contribution in [0.4, 0.5) is 5.00 Å². The Morgan fingerprint density at radius 2 is 2.18 bits per heavy atom. The number of amides is 1. The number of carbonyl (C=O) groups excluding carboxylic acids is 1. The van der Waals surface area contributed by atoms with E-state index < -0.39 is 4.92 Å². The maximum atomic E-state index is 11.8. The van der Waals surface area contributed by atoms with E-state index in [0.717, 1.165) is 37.3 Å². The lowest BCUT2D eigenvalue weighted by Gasteiger charge is -2.23. The van der Waals surface area contributed by atoms with E-state index in [-0.39, 0.29) is 17.0 Å². The molecule has 1 aromatic heterocycles. The fourth-order valence-electron chi connectivity index (χ4n) is 1.77. The summed E-state index contributed by atoms with van der Waals surface area (Å²) in [6, 6.07) is 3.03. The van der Waals surface area contributed by atoms with E-state index in [4.69, 9.17) is 0 Å². The normalized spacial score (nSPS) is 16.7. The Morgan fingerprint density at radius 3 is 2.76 bits per heavy atom.